The summed E-state index contributed by atoms with van der Waals surface area (Å²) in [6.45, 7) is 5.02. The monoisotopic (exact) mass is 333 g/mol. The van der Waals surface area contributed by atoms with Gasteiger partial charge < -0.3 is 15.8 Å². The average molecular weight is 334 g/mol. The van der Waals surface area contributed by atoms with Crippen LogP contribution in [-0.2, 0) is 11.2 Å². The summed E-state index contributed by atoms with van der Waals surface area (Å²) in [6, 6.07) is 4.18. The van der Waals surface area contributed by atoms with Gasteiger partial charge in [0.05, 0.1) is 3.79 Å². The Morgan fingerprint density at radius 2 is 2.39 bits per heavy atom. The molecule has 1 heterocycles. The number of halogens is 1. The molecule has 0 aliphatic rings. The van der Waals surface area contributed by atoms with Gasteiger partial charge in [-0.05, 0) is 47.8 Å². The molecule has 4 nitrogen and oxygen atoms in total. The van der Waals surface area contributed by atoms with Crippen LogP contribution in [0.15, 0.2) is 20.9 Å². The van der Waals surface area contributed by atoms with Crippen molar-refractivity contribution in [1.82, 2.24) is 5.32 Å². The number of thiophene rings is 1. The van der Waals surface area contributed by atoms with E-state index in [0.717, 1.165) is 36.4 Å². The van der Waals surface area contributed by atoms with Crippen molar-refractivity contribution in [1.29, 1.82) is 0 Å². The summed E-state index contributed by atoms with van der Waals surface area (Å²) in [5.41, 5.74) is 5.75. The van der Waals surface area contributed by atoms with Crippen LogP contribution in [0.5, 0.6) is 0 Å². The molecule has 0 atom stereocenters. The van der Waals surface area contributed by atoms with Gasteiger partial charge in [0.15, 0.2) is 5.96 Å². The van der Waals surface area contributed by atoms with Gasteiger partial charge in [-0.2, -0.15) is 0 Å². The van der Waals surface area contributed by atoms with E-state index in [1.165, 1.54) is 4.88 Å². The maximum Gasteiger partial charge on any atom is 0.188 e. The van der Waals surface area contributed by atoms with Gasteiger partial charge in [-0.3, -0.25) is 4.99 Å². The second kappa shape index (κ2) is 9.35. The lowest BCUT2D eigenvalue weighted by Crippen LogP contribution is -2.33. The number of nitrogens with zero attached hydrogens (tertiary/aromatic N) is 1. The normalized spacial score (nSPS) is 11.8. The van der Waals surface area contributed by atoms with Crippen LogP contribution >= 0.6 is 27.3 Å². The lowest BCUT2D eigenvalue weighted by atomic mass is 10.3. The van der Waals surface area contributed by atoms with Crippen molar-refractivity contribution in [2.75, 3.05) is 26.3 Å². The molecule has 0 saturated heterocycles. The third-order valence-corrected chi connectivity index (χ3v) is 3.92. The molecule has 0 unspecified atom stereocenters. The highest BCUT2D eigenvalue weighted by atomic mass is 79.9. The van der Waals surface area contributed by atoms with Crippen LogP contribution in [0.4, 0.5) is 0 Å². The Morgan fingerprint density at radius 3 is 3.06 bits per heavy atom. The topological polar surface area (TPSA) is 59.6 Å². The highest BCUT2D eigenvalue weighted by Gasteiger charge is 1.98. The predicted octanol–water partition coefficient (Wildman–Crippen LogP) is 2.38. The molecule has 0 aliphatic heterocycles. The molecular weight excluding hydrogens is 314 g/mol. The van der Waals surface area contributed by atoms with Gasteiger partial charge in [-0.25, -0.2) is 0 Å². The molecule has 0 aromatic carbocycles. The first-order chi connectivity index (χ1) is 8.72. The van der Waals surface area contributed by atoms with Crippen molar-refractivity contribution < 1.29 is 4.74 Å². The highest BCUT2D eigenvalue weighted by molar-refractivity contribution is 9.11. The third-order valence-electron chi connectivity index (χ3n) is 2.24. The molecule has 1 rings (SSSR count). The Hall–Kier alpha value is -0.590. The molecule has 1 aromatic rings. The third kappa shape index (κ3) is 6.98. The summed E-state index contributed by atoms with van der Waals surface area (Å²) in [5, 5.41) is 3.11. The van der Waals surface area contributed by atoms with Crippen molar-refractivity contribution in [2.24, 2.45) is 10.7 Å². The van der Waals surface area contributed by atoms with Crippen molar-refractivity contribution in [3.63, 3.8) is 0 Å². The van der Waals surface area contributed by atoms with E-state index in [-0.39, 0.29) is 0 Å². The molecule has 102 valence electrons. The molecular formula is C12H20BrN3OS. The van der Waals surface area contributed by atoms with Gasteiger partial charge >= 0.3 is 0 Å². The van der Waals surface area contributed by atoms with E-state index in [0.29, 0.717) is 12.5 Å². The summed E-state index contributed by atoms with van der Waals surface area (Å²) in [7, 11) is 0. The fourth-order valence-corrected chi connectivity index (χ4v) is 2.85. The lowest BCUT2D eigenvalue weighted by molar-refractivity contribution is 0.146. The number of ether oxygens (including phenoxy) is 1. The molecule has 0 spiro atoms. The minimum Gasteiger partial charge on any atom is -0.382 e. The van der Waals surface area contributed by atoms with Crippen LogP contribution in [0.2, 0.25) is 0 Å². The molecule has 0 radical (unpaired) electrons. The van der Waals surface area contributed by atoms with Crippen molar-refractivity contribution >= 4 is 33.2 Å². The van der Waals surface area contributed by atoms with E-state index < -0.39 is 0 Å². The number of nitrogens with two attached hydrogens (primary N) is 1. The van der Waals surface area contributed by atoms with Gasteiger partial charge in [-0.1, -0.05) is 0 Å². The molecule has 0 bridgehead atoms. The number of nitrogens with one attached hydrogen (secondary N) is 1. The van der Waals surface area contributed by atoms with Crippen LogP contribution in [0.25, 0.3) is 0 Å². The van der Waals surface area contributed by atoms with Gasteiger partial charge in [0.1, 0.15) is 0 Å². The standard InChI is InChI=1S/C12H20BrN3OS/c1-2-17-9-3-7-15-12(14)16-8-6-10-4-5-11(13)18-10/h4-5H,2-3,6-9H2,1H3,(H3,14,15,16). The number of hydrogen-bond acceptors (Lipinski definition) is 3. The largest absolute Gasteiger partial charge is 0.382 e. The number of hydrogen-bond donors (Lipinski definition) is 2. The van der Waals surface area contributed by atoms with Crippen LogP contribution in [0, 0.1) is 0 Å². The first-order valence-corrected chi connectivity index (χ1v) is 7.69. The van der Waals surface area contributed by atoms with Crippen LogP contribution in [0.1, 0.15) is 18.2 Å². The van der Waals surface area contributed by atoms with Crippen LogP contribution in [0.3, 0.4) is 0 Å². The van der Waals surface area contributed by atoms with Crippen molar-refractivity contribution in [2.45, 2.75) is 19.8 Å². The Labute approximate surface area is 121 Å². The minimum absolute atomic E-state index is 0.516. The quantitative estimate of drug-likeness (QED) is 0.436. The predicted molar refractivity (Wildman–Crippen MR) is 81.3 cm³/mol. The lowest BCUT2D eigenvalue weighted by Gasteiger charge is -2.04. The summed E-state index contributed by atoms with van der Waals surface area (Å²) in [6.07, 6.45) is 1.87. The molecule has 0 amide bonds. The fourth-order valence-electron chi connectivity index (χ4n) is 1.37. The molecule has 3 N–H and O–H groups in total. The van der Waals surface area contributed by atoms with Crippen molar-refractivity contribution in [3.05, 3.63) is 20.8 Å². The van der Waals surface area contributed by atoms with Gasteiger partial charge in [0.2, 0.25) is 0 Å². The smallest absolute Gasteiger partial charge is 0.188 e. The van der Waals surface area contributed by atoms with Gasteiger partial charge in [0, 0.05) is 31.2 Å². The van der Waals surface area contributed by atoms with E-state index in [1.54, 1.807) is 11.3 Å². The second-order valence-corrected chi connectivity index (χ2v) is 6.25. The second-order valence-electron chi connectivity index (χ2n) is 3.70. The SMILES string of the molecule is CCOCCCN=C(N)NCCc1ccc(Br)s1. The Morgan fingerprint density at radius 1 is 1.56 bits per heavy atom. The van der Waals surface area contributed by atoms with E-state index >= 15 is 0 Å². The molecule has 0 aliphatic carbocycles. The number of aliphatic imine (C=N–C) groups is 1. The Bertz CT molecular complexity index is 368. The summed E-state index contributed by atoms with van der Waals surface area (Å²) >= 11 is 5.19. The van der Waals surface area contributed by atoms with E-state index in [4.69, 9.17) is 10.5 Å². The zero-order valence-electron chi connectivity index (χ0n) is 10.6. The summed E-state index contributed by atoms with van der Waals surface area (Å²) in [5.74, 6) is 0.516. The highest BCUT2D eigenvalue weighted by Crippen LogP contribution is 2.21. The van der Waals surface area contributed by atoms with E-state index in [2.05, 4.69) is 38.4 Å². The number of guanidine groups is 1. The fraction of sp³-hybridized carbons (Fsp3) is 0.583. The molecule has 6 heteroatoms. The maximum atomic E-state index is 5.75. The average Bonchev–Trinajstić information content (AvgIpc) is 2.75. The van der Waals surface area contributed by atoms with E-state index in [1.807, 2.05) is 6.92 Å². The van der Waals surface area contributed by atoms with Crippen LogP contribution in [-0.4, -0.2) is 32.3 Å². The van der Waals surface area contributed by atoms with Gasteiger partial charge in [-0.15, -0.1) is 11.3 Å². The number of rotatable bonds is 8. The van der Waals surface area contributed by atoms with E-state index in [9.17, 15) is 0 Å². The first-order valence-electron chi connectivity index (χ1n) is 6.08. The van der Waals surface area contributed by atoms with Gasteiger partial charge in [0.25, 0.3) is 0 Å². The minimum atomic E-state index is 0.516. The molecule has 0 fully saturated rings. The molecule has 0 saturated carbocycles. The Kier molecular flexibility index (Phi) is 8.04. The summed E-state index contributed by atoms with van der Waals surface area (Å²) in [4.78, 5) is 5.56. The molecule has 1 aromatic heterocycles. The summed E-state index contributed by atoms with van der Waals surface area (Å²) < 4.78 is 6.39. The van der Waals surface area contributed by atoms with Crippen molar-refractivity contribution in [3.8, 4) is 0 Å². The molecule has 18 heavy (non-hydrogen) atoms. The first kappa shape index (κ1) is 15.5. The Balaban J connectivity index is 2.08. The zero-order valence-corrected chi connectivity index (χ0v) is 13.0. The maximum absolute atomic E-state index is 5.75. The zero-order chi connectivity index (χ0) is 13.2. The van der Waals surface area contributed by atoms with Crippen LogP contribution < -0.4 is 11.1 Å².